The van der Waals surface area contributed by atoms with Crippen molar-refractivity contribution in [3.05, 3.63) is 46.1 Å². The Kier molecular flexibility index (Phi) is 4.03. The van der Waals surface area contributed by atoms with Gasteiger partial charge in [0.25, 0.3) is 0 Å². The summed E-state index contributed by atoms with van der Waals surface area (Å²) in [6.45, 7) is 2.04. The summed E-state index contributed by atoms with van der Waals surface area (Å²) in [5, 5.41) is 8.87. The fraction of sp³-hybridized carbons (Fsp3) is 0.214. The van der Waals surface area contributed by atoms with Gasteiger partial charge in [-0.3, -0.25) is 0 Å². The molecule has 0 bridgehead atoms. The van der Waals surface area contributed by atoms with Crippen LogP contribution in [0.4, 0.5) is 4.39 Å². The van der Waals surface area contributed by atoms with Crippen LogP contribution in [0.2, 0.25) is 0 Å². The van der Waals surface area contributed by atoms with Crippen LogP contribution in [0.3, 0.4) is 0 Å². The summed E-state index contributed by atoms with van der Waals surface area (Å²) in [5.74, 6) is 0.329. The van der Waals surface area contributed by atoms with E-state index >= 15 is 0 Å². The third-order valence-electron chi connectivity index (χ3n) is 2.62. The summed E-state index contributed by atoms with van der Waals surface area (Å²) in [5.41, 5.74) is 1.56. The molecule has 0 saturated carbocycles. The molecule has 2 rings (SSSR count). The molecule has 0 unspecified atom stereocenters. The first-order valence-corrected chi connectivity index (χ1v) is 6.34. The fourth-order valence-corrected chi connectivity index (χ4v) is 2.06. The van der Waals surface area contributed by atoms with Gasteiger partial charge >= 0.3 is 0 Å². The van der Waals surface area contributed by atoms with Crippen LogP contribution in [-0.4, -0.2) is 9.97 Å². The van der Waals surface area contributed by atoms with Crippen LogP contribution >= 0.6 is 12.2 Å². The zero-order chi connectivity index (χ0) is 13.8. The van der Waals surface area contributed by atoms with E-state index in [1.165, 1.54) is 12.1 Å². The van der Waals surface area contributed by atoms with Gasteiger partial charge in [-0.15, -0.1) is 0 Å². The molecule has 0 fully saturated rings. The van der Waals surface area contributed by atoms with Gasteiger partial charge in [-0.1, -0.05) is 19.1 Å². The Morgan fingerprint density at radius 1 is 1.37 bits per heavy atom. The molecule has 0 radical (unpaired) electrons. The number of hydrogen-bond donors (Lipinski definition) is 1. The van der Waals surface area contributed by atoms with E-state index in [9.17, 15) is 4.39 Å². The van der Waals surface area contributed by atoms with Crippen molar-refractivity contribution in [2.24, 2.45) is 0 Å². The Morgan fingerprint density at radius 2 is 2.16 bits per heavy atom. The first-order chi connectivity index (χ1) is 9.12. The van der Waals surface area contributed by atoms with Gasteiger partial charge in [0.1, 0.15) is 16.3 Å². The summed E-state index contributed by atoms with van der Waals surface area (Å²) in [6, 6.07) is 7.81. The predicted octanol–water partition coefficient (Wildman–Crippen LogP) is 3.77. The summed E-state index contributed by atoms with van der Waals surface area (Å²) in [6.07, 6.45) is 1.71. The normalized spacial score (nSPS) is 10.2. The van der Waals surface area contributed by atoms with Crippen molar-refractivity contribution in [3.63, 3.8) is 0 Å². The Balaban J connectivity index is 2.55. The molecule has 96 valence electrons. The van der Waals surface area contributed by atoms with Crippen LogP contribution in [0.1, 0.15) is 24.7 Å². The summed E-state index contributed by atoms with van der Waals surface area (Å²) < 4.78 is 13.9. The number of rotatable bonds is 3. The maximum Gasteiger partial charge on any atom is 0.130 e. The molecule has 5 heteroatoms. The number of aromatic nitrogens is 2. The molecule has 1 aromatic carbocycles. The average molecular weight is 273 g/mol. The maximum atomic E-state index is 13.4. The van der Waals surface area contributed by atoms with E-state index in [1.54, 1.807) is 12.1 Å². The Bertz CT molecular complexity index is 701. The van der Waals surface area contributed by atoms with Gasteiger partial charge in [0.15, 0.2) is 0 Å². The van der Waals surface area contributed by atoms with Gasteiger partial charge in [-0.2, -0.15) is 5.26 Å². The van der Waals surface area contributed by atoms with Crippen molar-refractivity contribution >= 4 is 12.2 Å². The highest BCUT2D eigenvalue weighted by molar-refractivity contribution is 7.71. The SMILES string of the molecule is CCCc1nc(=S)cc(-c2cc(F)cc(C#N)c2)[nH]1. The van der Waals surface area contributed by atoms with E-state index in [-0.39, 0.29) is 5.56 Å². The molecular weight excluding hydrogens is 261 g/mol. The Labute approximate surface area is 115 Å². The first kappa shape index (κ1) is 13.4. The lowest BCUT2D eigenvalue weighted by atomic mass is 10.1. The molecule has 2 aromatic rings. The lowest BCUT2D eigenvalue weighted by Gasteiger charge is -2.06. The number of H-pyrrole nitrogens is 1. The number of nitrogens with one attached hydrogen (secondary N) is 1. The van der Waals surface area contributed by atoms with Crippen LogP contribution < -0.4 is 0 Å². The van der Waals surface area contributed by atoms with Gasteiger partial charge in [0, 0.05) is 17.7 Å². The highest BCUT2D eigenvalue weighted by Crippen LogP contribution is 2.20. The second-order valence-electron chi connectivity index (χ2n) is 4.17. The number of aryl methyl sites for hydroxylation is 1. The molecule has 0 saturated heterocycles. The number of aromatic amines is 1. The lowest BCUT2D eigenvalue weighted by Crippen LogP contribution is -1.97. The topological polar surface area (TPSA) is 52.5 Å². The van der Waals surface area contributed by atoms with Crippen molar-refractivity contribution in [2.45, 2.75) is 19.8 Å². The molecule has 19 heavy (non-hydrogen) atoms. The molecule has 0 spiro atoms. The van der Waals surface area contributed by atoms with Crippen LogP contribution in [0.5, 0.6) is 0 Å². The fourth-order valence-electron chi connectivity index (χ4n) is 1.83. The largest absolute Gasteiger partial charge is 0.343 e. The molecule has 0 atom stereocenters. The minimum atomic E-state index is -0.442. The quantitative estimate of drug-likeness (QED) is 0.866. The zero-order valence-electron chi connectivity index (χ0n) is 10.4. The minimum Gasteiger partial charge on any atom is -0.343 e. The number of nitriles is 1. The van der Waals surface area contributed by atoms with Crippen molar-refractivity contribution < 1.29 is 4.39 Å². The van der Waals surface area contributed by atoms with Crippen molar-refractivity contribution in [2.75, 3.05) is 0 Å². The van der Waals surface area contributed by atoms with E-state index < -0.39 is 5.82 Å². The van der Waals surface area contributed by atoms with Gasteiger partial charge in [-0.05, 0) is 30.7 Å². The second kappa shape index (κ2) is 5.72. The van der Waals surface area contributed by atoms with E-state index in [2.05, 4.69) is 9.97 Å². The third-order valence-corrected chi connectivity index (χ3v) is 2.83. The Morgan fingerprint density at radius 3 is 2.84 bits per heavy atom. The van der Waals surface area contributed by atoms with E-state index in [1.807, 2.05) is 13.0 Å². The van der Waals surface area contributed by atoms with Crippen molar-refractivity contribution in [1.82, 2.24) is 9.97 Å². The molecule has 0 amide bonds. The molecule has 0 aliphatic heterocycles. The predicted molar refractivity (Wildman–Crippen MR) is 73.5 cm³/mol. The van der Waals surface area contributed by atoms with E-state index in [0.29, 0.717) is 15.9 Å². The lowest BCUT2D eigenvalue weighted by molar-refractivity contribution is 0.627. The minimum absolute atomic E-state index is 0.281. The summed E-state index contributed by atoms with van der Waals surface area (Å²) in [4.78, 5) is 7.34. The molecule has 1 heterocycles. The maximum absolute atomic E-state index is 13.4. The van der Waals surface area contributed by atoms with Crippen LogP contribution in [0.25, 0.3) is 11.3 Å². The molecule has 0 aliphatic rings. The number of hydrogen-bond acceptors (Lipinski definition) is 3. The first-order valence-electron chi connectivity index (χ1n) is 5.93. The molecule has 1 aromatic heterocycles. The van der Waals surface area contributed by atoms with Gasteiger partial charge < -0.3 is 4.98 Å². The van der Waals surface area contributed by atoms with Gasteiger partial charge in [0.05, 0.1) is 11.6 Å². The number of nitrogens with zero attached hydrogens (tertiary/aromatic N) is 2. The van der Waals surface area contributed by atoms with Gasteiger partial charge in [-0.25, -0.2) is 9.37 Å². The van der Waals surface area contributed by atoms with Gasteiger partial charge in [0.2, 0.25) is 0 Å². The van der Waals surface area contributed by atoms with Crippen LogP contribution in [-0.2, 0) is 6.42 Å². The van der Waals surface area contributed by atoms with Crippen molar-refractivity contribution in [3.8, 4) is 17.3 Å². The van der Waals surface area contributed by atoms with Crippen LogP contribution in [0, 0.1) is 21.8 Å². The molecule has 0 aliphatic carbocycles. The monoisotopic (exact) mass is 273 g/mol. The standard InChI is InChI=1S/C14H12FN3S/c1-2-3-13-17-12(7-14(19)18-13)10-4-9(8-16)5-11(15)6-10/h4-7H,2-3H2,1H3,(H,17,18,19). The average Bonchev–Trinajstić information content (AvgIpc) is 2.37. The van der Waals surface area contributed by atoms with Crippen LogP contribution in [0.15, 0.2) is 24.3 Å². The molecule has 1 N–H and O–H groups in total. The van der Waals surface area contributed by atoms with Crippen molar-refractivity contribution in [1.29, 1.82) is 5.26 Å². The molecular formula is C14H12FN3S. The zero-order valence-corrected chi connectivity index (χ0v) is 11.2. The highest BCUT2D eigenvalue weighted by Gasteiger charge is 2.05. The Hall–Kier alpha value is -2.06. The highest BCUT2D eigenvalue weighted by atomic mass is 32.1. The van der Waals surface area contributed by atoms with E-state index in [4.69, 9.17) is 17.5 Å². The summed E-state index contributed by atoms with van der Waals surface area (Å²) in [7, 11) is 0. The van der Waals surface area contributed by atoms with E-state index in [0.717, 1.165) is 18.7 Å². The second-order valence-corrected chi connectivity index (χ2v) is 4.59. The smallest absolute Gasteiger partial charge is 0.130 e. The summed E-state index contributed by atoms with van der Waals surface area (Å²) >= 11 is 5.11. The number of halogens is 1. The third kappa shape index (κ3) is 3.24. The molecule has 3 nitrogen and oxygen atoms in total. The number of benzene rings is 1.